The summed E-state index contributed by atoms with van der Waals surface area (Å²) in [5.41, 5.74) is 1.99. The fourth-order valence-electron chi connectivity index (χ4n) is 3.71. The summed E-state index contributed by atoms with van der Waals surface area (Å²) in [7, 11) is -3.35. The number of nitrogens with one attached hydrogen (secondary N) is 1. The van der Waals surface area contributed by atoms with Gasteiger partial charge in [0.15, 0.2) is 0 Å². The maximum absolute atomic E-state index is 12.7. The second-order valence-electron chi connectivity index (χ2n) is 7.91. The highest BCUT2D eigenvalue weighted by Gasteiger charge is 2.30. The van der Waals surface area contributed by atoms with Gasteiger partial charge in [0.25, 0.3) is 0 Å². The molecule has 7 heteroatoms. The van der Waals surface area contributed by atoms with E-state index in [1.807, 2.05) is 55.5 Å². The van der Waals surface area contributed by atoms with Crippen molar-refractivity contribution < 1.29 is 13.2 Å². The molecule has 1 amide bonds. The molecule has 0 bridgehead atoms. The summed E-state index contributed by atoms with van der Waals surface area (Å²) in [4.78, 5) is 14.7. The van der Waals surface area contributed by atoms with Crippen LogP contribution in [0.2, 0.25) is 0 Å². The van der Waals surface area contributed by atoms with E-state index in [4.69, 9.17) is 0 Å². The number of carbonyl (C=O) groups excluding carboxylic acids is 1. The molecule has 3 rings (SSSR count). The molecule has 1 N–H and O–H groups in total. The molecule has 1 heterocycles. The molecule has 162 valence electrons. The standard InChI is InChI=1S/C23H31N3O3S/c1-19(22-11-7-4-8-12-22)17-24-23(27)20(2)25-13-15-26(16-14-25)30(28,29)18-21-9-5-3-6-10-21/h3-12,19-20H,13-18H2,1-2H3,(H,24,27)/t19-,20+/m1/s1. The number of sulfonamides is 1. The Labute approximate surface area is 179 Å². The number of benzene rings is 2. The molecule has 2 atom stereocenters. The average molecular weight is 430 g/mol. The van der Waals surface area contributed by atoms with Crippen LogP contribution in [0.15, 0.2) is 60.7 Å². The number of nitrogens with zero attached hydrogens (tertiary/aromatic N) is 2. The van der Waals surface area contributed by atoms with Crippen molar-refractivity contribution in [2.24, 2.45) is 0 Å². The van der Waals surface area contributed by atoms with Gasteiger partial charge in [0, 0.05) is 32.7 Å². The highest BCUT2D eigenvalue weighted by Crippen LogP contribution is 2.16. The average Bonchev–Trinajstić information content (AvgIpc) is 2.77. The van der Waals surface area contributed by atoms with E-state index in [9.17, 15) is 13.2 Å². The summed E-state index contributed by atoms with van der Waals surface area (Å²) in [5.74, 6) is 0.238. The van der Waals surface area contributed by atoms with E-state index in [1.54, 1.807) is 4.31 Å². The molecule has 1 aliphatic rings. The summed E-state index contributed by atoms with van der Waals surface area (Å²) in [6, 6.07) is 19.1. The van der Waals surface area contributed by atoms with Crippen molar-refractivity contribution in [3.63, 3.8) is 0 Å². The topological polar surface area (TPSA) is 69.7 Å². The molecule has 1 fully saturated rings. The SMILES string of the molecule is C[C@H](CNC(=O)[C@H](C)N1CCN(S(=O)(=O)Cc2ccccc2)CC1)c1ccccc1. The number of rotatable bonds is 8. The van der Waals surface area contributed by atoms with Crippen LogP contribution in [0, 0.1) is 0 Å². The maximum atomic E-state index is 12.7. The molecule has 0 unspecified atom stereocenters. The zero-order chi connectivity index (χ0) is 21.6. The first-order valence-corrected chi connectivity index (χ1v) is 12.1. The molecule has 0 spiro atoms. The van der Waals surface area contributed by atoms with E-state index in [-0.39, 0.29) is 23.6 Å². The van der Waals surface area contributed by atoms with Gasteiger partial charge in [-0.3, -0.25) is 9.69 Å². The Hall–Kier alpha value is -2.22. The molecule has 30 heavy (non-hydrogen) atoms. The minimum Gasteiger partial charge on any atom is -0.354 e. The third-order valence-corrected chi connectivity index (χ3v) is 7.59. The van der Waals surface area contributed by atoms with Gasteiger partial charge in [-0.15, -0.1) is 0 Å². The minimum atomic E-state index is -3.35. The van der Waals surface area contributed by atoms with Crippen molar-refractivity contribution in [2.45, 2.75) is 31.6 Å². The first-order chi connectivity index (χ1) is 14.4. The van der Waals surface area contributed by atoms with Gasteiger partial charge in [0.05, 0.1) is 11.8 Å². The van der Waals surface area contributed by atoms with Gasteiger partial charge in [-0.05, 0) is 24.0 Å². The van der Waals surface area contributed by atoms with Crippen LogP contribution >= 0.6 is 0 Å². The molecule has 1 saturated heterocycles. The summed E-state index contributed by atoms with van der Waals surface area (Å²) in [5, 5.41) is 3.04. The van der Waals surface area contributed by atoms with Crippen molar-refractivity contribution >= 4 is 15.9 Å². The van der Waals surface area contributed by atoms with Gasteiger partial charge >= 0.3 is 0 Å². The van der Waals surface area contributed by atoms with E-state index < -0.39 is 10.0 Å². The molecule has 6 nitrogen and oxygen atoms in total. The van der Waals surface area contributed by atoms with E-state index in [0.717, 1.165) is 5.56 Å². The molecule has 0 aromatic heterocycles. The van der Waals surface area contributed by atoms with Crippen LogP contribution in [0.4, 0.5) is 0 Å². The van der Waals surface area contributed by atoms with Crippen LogP contribution in [0.3, 0.4) is 0 Å². The molecular formula is C23H31N3O3S. The molecule has 2 aromatic carbocycles. The van der Waals surface area contributed by atoms with Crippen LogP contribution in [-0.2, 0) is 20.6 Å². The van der Waals surface area contributed by atoms with Crippen LogP contribution < -0.4 is 5.32 Å². The third kappa shape index (κ3) is 5.90. The predicted octanol–water partition coefficient (Wildman–Crippen LogP) is 2.44. The zero-order valence-corrected chi connectivity index (χ0v) is 18.5. The molecule has 0 radical (unpaired) electrons. The Balaban J connectivity index is 1.47. The molecule has 1 aliphatic heterocycles. The number of carbonyl (C=O) groups is 1. The summed E-state index contributed by atoms with van der Waals surface area (Å²) < 4.78 is 27.0. The third-order valence-electron chi connectivity index (χ3n) is 5.74. The van der Waals surface area contributed by atoms with Gasteiger partial charge in [0.2, 0.25) is 15.9 Å². The molecule has 0 saturated carbocycles. The number of hydrogen-bond donors (Lipinski definition) is 1. The van der Waals surface area contributed by atoms with Crippen molar-refractivity contribution in [3.8, 4) is 0 Å². The fourth-order valence-corrected chi connectivity index (χ4v) is 5.23. The zero-order valence-electron chi connectivity index (χ0n) is 17.7. The van der Waals surface area contributed by atoms with Gasteiger partial charge in [0.1, 0.15) is 0 Å². The quantitative estimate of drug-likeness (QED) is 0.700. The van der Waals surface area contributed by atoms with Crippen molar-refractivity contribution in [2.75, 3.05) is 32.7 Å². The second kappa shape index (κ2) is 10.2. The van der Waals surface area contributed by atoms with Crippen LogP contribution in [0.25, 0.3) is 0 Å². The Kier molecular flexibility index (Phi) is 7.64. The van der Waals surface area contributed by atoms with Crippen molar-refractivity contribution in [1.29, 1.82) is 0 Å². The largest absolute Gasteiger partial charge is 0.354 e. The van der Waals surface area contributed by atoms with Crippen LogP contribution in [-0.4, -0.2) is 62.3 Å². The Morgan fingerprint density at radius 2 is 1.50 bits per heavy atom. The van der Waals surface area contributed by atoms with E-state index in [0.29, 0.717) is 32.7 Å². The Morgan fingerprint density at radius 3 is 2.10 bits per heavy atom. The Morgan fingerprint density at radius 1 is 0.933 bits per heavy atom. The monoisotopic (exact) mass is 429 g/mol. The normalized spacial score (nSPS) is 17.9. The molecule has 0 aliphatic carbocycles. The summed E-state index contributed by atoms with van der Waals surface area (Å²) in [6.07, 6.45) is 0. The van der Waals surface area contributed by atoms with Crippen LogP contribution in [0.5, 0.6) is 0 Å². The first kappa shape index (κ1) is 22.5. The minimum absolute atomic E-state index is 0.0151. The molecule has 2 aromatic rings. The lowest BCUT2D eigenvalue weighted by atomic mass is 10.0. The Bertz CT molecular complexity index is 911. The predicted molar refractivity (Wildman–Crippen MR) is 120 cm³/mol. The van der Waals surface area contributed by atoms with Gasteiger partial charge < -0.3 is 5.32 Å². The van der Waals surface area contributed by atoms with E-state index >= 15 is 0 Å². The first-order valence-electron chi connectivity index (χ1n) is 10.5. The highest BCUT2D eigenvalue weighted by atomic mass is 32.2. The summed E-state index contributed by atoms with van der Waals surface area (Å²) in [6.45, 7) is 6.49. The van der Waals surface area contributed by atoms with Gasteiger partial charge in [-0.25, -0.2) is 8.42 Å². The number of piperazine rings is 1. The van der Waals surface area contributed by atoms with Gasteiger partial charge in [-0.1, -0.05) is 67.6 Å². The van der Waals surface area contributed by atoms with Gasteiger partial charge in [-0.2, -0.15) is 4.31 Å². The second-order valence-corrected chi connectivity index (χ2v) is 9.88. The fraction of sp³-hybridized carbons (Fsp3) is 0.435. The number of hydrogen-bond acceptors (Lipinski definition) is 4. The molecular weight excluding hydrogens is 398 g/mol. The number of amides is 1. The van der Waals surface area contributed by atoms with E-state index in [1.165, 1.54) is 5.56 Å². The van der Waals surface area contributed by atoms with Crippen LogP contribution in [0.1, 0.15) is 30.9 Å². The van der Waals surface area contributed by atoms with Crippen molar-refractivity contribution in [3.05, 3.63) is 71.8 Å². The highest BCUT2D eigenvalue weighted by molar-refractivity contribution is 7.88. The lowest BCUT2D eigenvalue weighted by Gasteiger charge is -2.36. The van der Waals surface area contributed by atoms with Crippen molar-refractivity contribution in [1.82, 2.24) is 14.5 Å². The maximum Gasteiger partial charge on any atom is 0.237 e. The lowest BCUT2D eigenvalue weighted by molar-refractivity contribution is -0.126. The lowest BCUT2D eigenvalue weighted by Crippen LogP contribution is -2.55. The summed E-state index contributed by atoms with van der Waals surface area (Å²) >= 11 is 0. The smallest absolute Gasteiger partial charge is 0.237 e. The van der Waals surface area contributed by atoms with E-state index in [2.05, 4.69) is 29.3 Å².